The van der Waals surface area contributed by atoms with Crippen molar-refractivity contribution in [3.63, 3.8) is 0 Å². The number of nitro groups is 1. The first-order valence-electron chi connectivity index (χ1n) is 5.18. The summed E-state index contributed by atoms with van der Waals surface area (Å²) in [7, 11) is 0. The van der Waals surface area contributed by atoms with Crippen LogP contribution in [0.15, 0.2) is 6.33 Å². The highest BCUT2D eigenvalue weighted by molar-refractivity contribution is 5.75. The van der Waals surface area contributed by atoms with Gasteiger partial charge in [-0.2, -0.15) is 0 Å². The molecule has 8 nitrogen and oxygen atoms in total. The average molecular weight is 278 g/mol. The molecule has 0 aromatic carbocycles. The molecule has 10 heteroatoms. The summed E-state index contributed by atoms with van der Waals surface area (Å²) in [5.41, 5.74) is -0.164. The summed E-state index contributed by atoms with van der Waals surface area (Å²) in [5, 5.41) is 21.5. The van der Waals surface area contributed by atoms with Crippen LogP contribution in [0.5, 0.6) is 0 Å². The monoisotopic (exact) mass is 278 g/mol. The number of imidazole rings is 1. The Bertz CT molecular complexity index is 483. The van der Waals surface area contributed by atoms with Crippen molar-refractivity contribution in [2.45, 2.75) is 26.0 Å². The first-order valence-corrected chi connectivity index (χ1v) is 5.18. The maximum atomic E-state index is 12.5. The van der Waals surface area contributed by atoms with E-state index in [1.807, 2.05) is 5.32 Å². The predicted molar refractivity (Wildman–Crippen MR) is 58.4 cm³/mol. The third kappa shape index (κ3) is 4.25. The summed E-state index contributed by atoms with van der Waals surface area (Å²) in [5.74, 6) is -4.38. The molecule has 0 spiro atoms. The SMILES string of the molecule is CC(F)(F)CNC(=O)Cn1cnc([N+](=O)[O-])c1CO. The Morgan fingerprint density at radius 1 is 1.68 bits per heavy atom. The molecule has 0 aliphatic carbocycles. The van der Waals surface area contributed by atoms with Gasteiger partial charge in [-0.15, -0.1) is 0 Å². The summed E-state index contributed by atoms with van der Waals surface area (Å²) < 4.78 is 26.1. The van der Waals surface area contributed by atoms with Crippen molar-refractivity contribution in [1.29, 1.82) is 0 Å². The lowest BCUT2D eigenvalue weighted by molar-refractivity contribution is -0.390. The molecule has 0 saturated heterocycles. The lowest BCUT2D eigenvalue weighted by Crippen LogP contribution is -2.36. The summed E-state index contributed by atoms with van der Waals surface area (Å²) in [4.78, 5) is 24.5. The van der Waals surface area contributed by atoms with Crippen LogP contribution in [0.3, 0.4) is 0 Å². The van der Waals surface area contributed by atoms with Gasteiger partial charge < -0.3 is 20.5 Å². The second-order valence-corrected chi connectivity index (χ2v) is 3.90. The standard InChI is InChI=1S/C9H12F2N4O4/c1-9(10,11)4-12-7(17)2-14-5-13-8(15(18)19)6(14)3-16/h5,16H,2-4H2,1H3,(H,12,17). The molecule has 0 bridgehead atoms. The molecule has 1 aromatic rings. The number of hydrogen-bond donors (Lipinski definition) is 2. The zero-order valence-corrected chi connectivity index (χ0v) is 9.97. The molecule has 106 valence electrons. The molecule has 0 atom stereocenters. The van der Waals surface area contributed by atoms with Crippen LogP contribution in [0, 0.1) is 10.1 Å². The van der Waals surface area contributed by atoms with Crippen LogP contribution in [0.2, 0.25) is 0 Å². The van der Waals surface area contributed by atoms with E-state index in [1.165, 1.54) is 0 Å². The fraction of sp³-hybridized carbons (Fsp3) is 0.556. The van der Waals surface area contributed by atoms with Crippen LogP contribution in [0.1, 0.15) is 12.6 Å². The van der Waals surface area contributed by atoms with E-state index in [9.17, 15) is 23.7 Å². The maximum absolute atomic E-state index is 12.5. The molecule has 0 saturated carbocycles. The Kier molecular flexibility index (Phi) is 4.48. The molecule has 0 radical (unpaired) electrons. The number of aromatic nitrogens is 2. The number of rotatable bonds is 6. The number of carbonyl (C=O) groups is 1. The minimum absolute atomic E-state index is 0.164. The zero-order chi connectivity index (χ0) is 14.6. The third-order valence-corrected chi connectivity index (χ3v) is 2.16. The average Bonchev–Trinajstić information content (AvgIpc) is 2.68. The molecule has 0 aliphatic rings. The van der Waals surface area contributed by atoms with E-state index in [1.54, 1.807) is 0 Å². The first kappa shape index (κ1) is 15.0. The molecule has 1 amide bonds. The zero-order valence-electron chi connectivity index (χ0n) is 9.97. The second-order valence-electron chi connectivity index (χ2n) is 3.90. The van der Waals surface area contributed by atoms with Gasteiger partial charge in [0.1, 0.15) is 12.2 Å². The minimum atomic E-state index is -3.05. The summed E-state index contributed by atoms with van der Waals surface area (Å²) in [6, 6.07) is 0. The lowest BCUT2D eigenvalue weighted by atomic mass is 10.4. The smallest absolute Gasteiger partial charge is 0.387 e. The maximum Gasteiger partial charge on any atom is 0.387 e. The van der Waals surface area contributed by atoms with Gasteiger partial charge in [0, 0.05) is 6.92 Å². The fourth-order valence-electron chi connectivity index (χ4n) is 1.31. The van der Waals surface area contributed by atoms with Gasteiger partial charge in [0.05, 0.1) is 13.2 Å². The van der Waals surface area contributed by atoms with Gasteiger partial charge >= 0.3 is 5.82 Å². The molecular formula is C9H12F2N4O4. The Labute approximate surface area is 106 Å². The molecule has 1 heterocycles. The van der Waals surface area contributed by atoms with Gasteiger partial charge in [0.2, 0.25) is 12.2 Å². The number of hydrogen-bond acceptors (Lipinski definition) is 5. The molecule has 1 aromatic heterocycles. The Balaban J connectivity index is 2.72. The number of halogens is 2. The van der Waals surface area contributed by atoms with Crippen molar-refractivity contribution in [2.75, 3.05) is 6.54 Å². The van der Waals surface area contributed by atoms with E-state index >= 15 is 0 Å². The van der Waals surface area contributed by atoms with Crippen LogP contribution in [-0.2, 0) is 17.9 Å². The van der Waals surface area contributed by atoms with E-state index in [0.29, 0.717) is 6.92 Å². The number of aliphatic hydroxyl groups excluding tert-OH is 1. The number of aliphatic hydroxyl groups is 1. The number of alkyl halides is 2. The van der Waals surface area contributed by atoms with Gasteiger partial charge in [-0.05, 0) is 9.91 Å². The summed E-state index contributed by atoms with van der Waals surface area (Å²) >= 11 is 0. The van der Waals surface area contributed by atoms with Gasteiger partial charge in [-0.1, -0.05) is 0 Å². The molecule has 2 N–H and O–H groups in total. The number of amides is 1. The normalized spacial score (nSPS) is 11.4. The second kappa shape index (κ2) is 5.69. The van der Waals surface area contributed by atoms with Crippen molar-refractivity contribution < 1.29 is 23.6 Å². The number of nitrogens with zero attached hydrogens (tertiary/aromatic N) is 3. The van der Waals surface area contributed by atoms with Gasteiger partial charge in [0.25, 0.3) is 5.92 Å². The largest absolute Gasteiger partial charge is 0.390 e. The quantitative estimate of drug-likeness (QED) is 0.564. The van der Waals surface area contributed by atoms with Crippen LogP contribution < -0.4 is 5.32 Å². The van der Waals surface area contributed by atoms with Crippen LogP contribution >= 0.6 is 0 Å². The van der Waals surface area contributed by atoms with E-state index in [2.05, 4.69) is 4.98 Å². The van der Waals surface area contributed by atoms with E-state index in [0.717, 1.165) is 10.9 Å². The molecule has 19 heavy (non-hydrogen) atoms. The minimum Gasteiger partial charge on any atom is -0.390 e. The Morgan fingerprint density at radius 2 is 2.32 bits per heavy atom. The van der Waals surface area contributed by atoms with E-state index in [-0.39, 0.29) is 5.69 Å². The van der Waals surface area contributed by atoms with Gasteiger partial charge in [-0.25, -0.2) is 8.78 Å². The fourth-order valence-corrected chi connectivity index (χ4v) is 1.31. The molecule has 1 rings (SSSR count). The van der Waals surface area contributed by atoms with Crippen LogP contribution in [0.4, 0.5) is 14.6 Å². The van der Waals surface area contributed by atoms with Gasteiger partial charge in [0.15, 0.2) is 0 Å². The van der Waals surface area contributed by atoms with Crippen molar-refractivity contribution in [3.8, 4) is 0 Å². The highest BCUT2D eigenvalue weighted by Crippen LogP contribution is 2.16. The third-order valence-electron chi connectivity index (χ3n) is 2.16. The molecule has 0 unspecified atom stereocenters. The molecule has 0 aliphatic heterocycles. The Morgan fingerprint density at radius 3 is 2.79 bits per heavy atom. The van der Waals surface area contributed by atoms with E-state index < -0.39 is 42.3 Å². The van der Waals surface area contributed by atoms with E-state index in [4.69, 9.17) is 5.11 Å². The highest BCUT2D eigenvalue weighted by Gasteiger charge is 2.24. The van der Waals surface area contributed by atoms with Crippen molar-refractivity contribution in [3.05, 3.63) is 22.1 Å². The lowest BCUT2D eigenvalue weighted by Gasteiger charge is -2.11. The molecular weight excluding hydrogens is 266 g/mol. The van der Waals surface area contributed by atoms with Crippen LogP contribution in [-0.4, -0.2) is 38.0 Å². The number of carbonyl (C=O) groups excluding carboxylic acids is 1. The molecule has 0 fully saturated rings. The van der Waals surface area contributed by atoms with Crippen molar-refractivity contribution in [1.82, 2.24) is 14.9 Å². The summed E-state index contributed by atoms with van der Waals surface area (Å²) in [6.07, 6.45) is 0.993. The highest BCUT2D eigenvalue weighted by atomic mass is 19.3. The van der Waals surface area contributed by atoms with Crippen molar-refractivity contribution in [2.24, 2.45) is 0 Å². The van der Waals surface area contributed by atoms with Gasteiger partial charge in [-0.3, -0.25) is 9.36 Å². The number of nitrogens with one attached hydrogen (secondary N) is 1. The first-order chi connectivity index (χ1) is 8.74. The topological polar surface area (TPSA) is 110 Å². The van der Waals surface area contributed by atoms with Crippen LogP contribution in [0.25, 0.3) is 0 Å². The predicted octanol–water partition coefficient (Wildman–Crippen LogP) is 0.0550. The Hall–Kier alpha value is -2.10. The summed E-state index contributed by atoms with van der Waals surface area (Å²) in [6.45, 7) is -1.31. The van der Waals surface area contributed by atoms with Crippen molar-refractivity contribution >= 4 is 11.7 Å².